The average molecular weight is 194 g/mol. The van der Waals surface area contributed by atoms with Crippen LogP contribution in [0.3, 0.4) is 0 Å². The summed E-state index contributed by atoms with van der Waals surface area (Å²) in [6, 6.07) is -0.960. The second-order valence-corrected chi connectivity index (χ2v) is 2.92. The van der Waals surface area contributed by atoms with Gasteiger partial charge in [0.15, 0.2) is 6.29 Å². The summed E-state index contributed by atoms with van der Waals surface area (Å²) in [5, 5.41) is 36.6. The Balaban J connectivity index is 2.66. The van der Waals surface area contributed by atoms with Crippen LogP contribution in [-0.2, 0) is 4.74 Å². The predicted octanol–water partition coefficient (Wildman–Crippen LogP) is -3.75. The van der Waals surface area contributed by atoms with E-state index in [1.165, 1.54) is 0 Å². The van der Waals surface area contributed by atoms with Gasteiger partial charge in [0.1, 0.15) is 24.4 Å². The minimum absolute atomic E-state index is 0.480. The lowest BCUT2D eigenvalue weighted by molar-refractivity contribution is -0.254. The summed E-state index contributed by atoms with van der Waals surface area (Å²) in [6.07, 6.45) is -4.88. The van der Waals surface area contributed by atoms with Crippen molar-refractivity contribution in [1.29, 1.82) is 0 Å². The zero-order valence-electron chi connectivity index (χ0n) is 6.87. The molecule has 1 heterocycles. The molecule has 1 aliphatic rings. The van der Waals surface area contributed by atoms with E-state index >= 15 is 0 Å². The fourth-order valence-corrected chi connectivity index (χ4v) is 1.28. The van der Waals surface area contributed by atoms with Gasteiger partial charge in [-0.3, -0.25) is 5.84 Å². The van der Waals surface area contributed by atoms with Crippen LogP contribution in [0.25, 0.3) is 0 Å². The Labute approximate surface area is 74.7 Å². The predicted molar refractivity (Wildman–Crippen MR) is 41.1 cm³/mol. The van der Waals surface area contributed by atoms with Gasteiger partial charge < -0.3 is 25.2 Å². The maximum absolute atomic E-state index is 9.37. The van der Waals surface area contributed by atoms with Crippen molar-refractivity contribution in [2.75, 3.05) is 6.61 Å². The molecule has 0 aromatic heterocycles. The highest BCUT2D eigenvalue weighted by atomic mass is 16.6. The van der Waals surface area contributed by atoms with Gasteiger partial charge in [0.2, 0.25) is 0 Å². The largest absolute Gasteiger partial charge is 0.394 e. The molecule has 7 nitrogen and oxygen atoms in total. The van der Waals surface area contributed by atoms with E-state index in [1.807, 2.05) is 0 Å². The molecule has 7 heteroatoms. The van der Waals surface area contributed by atoms with Gasteiger partial charge in [-0.05, 0) is 0 Å². The van der Waals surface area contributed by atoms with Crippen LogP contribution in [0.15, 0.2) is 0 Å². The first-order chi connectivity index (χ1) is 6.11. The summed E-state index contributed by atoms with van der Waals surface area (Å²) in [7, 11) is 0. The van der Waals surface area contributed by atoms with Crippen LogP contribution >= 0.6 is 0 Å². The number of nitrogens with one attached hydrogen (secondary N) is 1. The van der Waals surface area contributed by atoms with Crippen LogP contribution in [0.5, 0.6) is 0 Å². The van der Waals surface area contributed by atoms with E-state index in [-0.39, 0.29) is 0 Å². The van der Waals surface area contributed by atoms with E-state index in [2.05, 4.69) is 5.43 Å². The van der Waals surface area contributed by atoms with Crippen LogP contribution < -0.4 is 11.3 Å². The molecule has 1 unspecified atom stereocenters. The summed E-state index contributed by atoms with van der Waals surface area (Å²) in [6.45, 7) is -0.480. The Morgan fingerprint density at radius 1 is 1.23 bits per heavy atom. The first-order valence-corrected chi connectivity index (χ1v) is 3.88. The van der Waals surface area contributed by atoms with Crippen molar-refractivity contribution in [2.45, 2.75) is 30.6 Å². The molecule has 1 fully saturated rings. The SMILES string of the molecule is NN[C@H]1C(O)O[C@H](CO)[C@@H](O)[C@@H]1O. The molecule has 0 amide bonds. The molecule has 13 heavy (non-hydrogen) atoms. The quantitative estimate of drug-likeness (QED) is 0.197. The summed E-state index contributed by atoms with van der Waals surface area (Å²) in [4.78, 5) is 0. The molecule has 0 saturated carbocycles. The van der Waals surface area contributed by atoms with Crippen LogP contribution in [-0.4, -0.2) is 57.7 Å². The van der Waals surface area contributed by atoms with Gasteiger partial charge >= 0.3 is 0 Å². The van der Waals surface area contributed by atoms with Gasteiger partial charge in [-0.15, -0.1) is 0 Å². The Hall–Kier alpha value is -0.280. The zero-order valence-corrected chi connectivity index (χ0v) is 6.87. The minimum Gasteiger partial charge on any atom is -0.394 e. The lowest BCUT2D eigenvalue weighted by Crippen LogP contribution is -2.64. The normalized spacial score (nSPS) is 46.4. The lowest BCUT2D eigenvalue weighted by atomic mass is 9.98. The summed E-state index contributed by atoms with van der Waals surface area (Å²) in [5.74, 6) is 5.01. The third kappa shape index (κ3) is 1.97. The van der Waals surface area contributed by atoms with Gasteiger partial charge in [-0.25, -0.2) is 5.43 Å². The molecule has 5 atom stereocenters. The Bertz CT molecular complexity index is 169. The van der Waals surface area contributed by atoms with E-state index < -0.39 is 37.3 Å². The molecule has 78 valence electrons. The van der Waals surface area contributed by atoms with E-state index in [1.54, 1.807) is 0 Å². The smallest absolute Gasteiger partial charge is 0.174 e. The highest BCUT2D eigenvalue weighted by molar-refractivity contribution is 4.91. The van der Waals surface area contributed by atoms with E-state index in [0.29, 0.717) is 0 Å². The highest BCUT2D eigenvalue weighted by Gasteiger charge is 2.42. The lowest BCUT2D eigenvalue weighted by Gasteiger charge is -2.39. The summed E-state index contributed by atoms with van der Waals surface area (Å²) in [5.41, 5.74) is 2.11. The third-order valence-electron chi connectivity index (χ3n) is 2.09. The Kier molecular flexibility index (Phi) is 3.56. The number of ether oxygens (including phenoxy) is 1. The molecule has 0 spiro atoms. The van der Waals surface area contributed by atoms with Crippen molar-refractivity contribution in [2.24, 2.45) is 5.84 Å². The van der Waals surface area contributed by atoms with Crippen LogP contribution in [0.4, 0.5) is 0 Å². The number of rotatable bonds is 2. The van der Waals surface area contributed by atoms with Gasteiger partial charge in [-0.2, -0.15) is 0 Å². The molecule has 7 N–H and O–H groups in total. The minimum atomic E-state index is -1.35. The molecule has 0 bridgehead atoms. The van der Waals surface area contributed by atoms with Crippen molar-refractivity contribution in [3.63, 3.8) is 0 Å². The van der Waals surface area contributed by atoms with Gasteiger partial charge in [0.05, 0.1) is 6.61 Å². The van der Waals surface area contributed by atoms with Gasteiger partial charge in [0.25, 0.3) is 0 Å². The fraction of sp³-hybridized carbons (Fsp3) is 1.00. The zero-order chi connectivity index (χ0) is 10.0. The molecular weight excluding hydrogens is 180 g/mol. The average Bonchev–Trinajstić information content (AvgIpc) is 2.12. The first kappa shape index (κ1) is 10.8. The number of hydrogen-bond acceptors (Lipinski definition) is 7. The number of hydrazine groups is 1. The van der Waals surface area contributed by atoms with E-state index in [4.69, 9.17) is 15.7 Å². The van der Waals surface area contributed by atoms with Crippen molar-refractivity contribution in [1.82, 2.24) is 5.43 Å². The molecular formula is C6H14N2O5. The van der Waals surface area contributed by atoms with Crippen molar-refractivity contribution in [3.05, 3.63) is 0 Å². The second kappa shape index (κ2) is 4.29. The summed E-state index contributed by atoms with van der Waals surface area (Å²) < 4.78 is 4.77. The van der Waals surface area contributed by atoms with Crippen molar-refractivity contribution < 1.29 is 25.2 Å². The fourth-order valence-electron chi connectivity index (χ4n) is 1.28. The Morgan fingerprint density at radius 2 is 1.85 bits per heavy atom. The van der Waals surface area contributed by atoms with Crippen molar-refractivity contribution in [3.8, 4) is 0 Å². The molecule has 0 aromatic rings. The number of nitrogens with two attached hydrogens (primary N) is 1. The molecule has 0 radical (unpaired) electrons. The standard InChI is InChI=1S/C6H14N2O5/c7-8-3-5(11)4(10)2(1-9)13-6(3)12/h2-6,8-12H,1,7H2/t2-,3-,4-,5-,6?/m1/s1. The first-order valence-electron chi connectivity index (χ1n) is 3.88. The monoisotopic (exact) mass is 194 g/mol. The topological polar surface area (TPSA) is 128 Å². The third-order valence-corrected chi connectivity index (χ3v) is 2.09. The summed E-state index contributed by atoms with van der Waals surface area (Å²) >= 11 is 0. The van der Waals surface area contributed by atoms with Crippen LogP contribution in [0.1, 0.15) is 0 Å². The van der Waals surface area contributed by atoms with Gasteiger partial charge in [0, 0.05) is 0 Å². The molecule has 1 saturated heterocycles. The number of hydrogen-bond donors (Lipinski definition) is 6. The van der Waals surface area contributed by atoms with Gasteiger partial charge in [-0.1, -0.05) is 0 Å². The van der Waals surface area contributed by atoms with Crippen LogP contribution in [0.2, 0.25) is 0 Å². The molecule has 1 aliphatic heterocycles. The molecule has 1 rings (SSSR count). The molecule has 0 aromatic carbocycles. The number of aliphatic hydroxyl groups is 4. The molecule has 0 aliphatic carbocycles. The van der Waals surface area contributed by atoms with E-state index in [0.717, 1.165) is 0 Å². The van der Waals surface area contributed by atoms with Crippen molar-refractivity contribution >= 4 is 0 Å². The highest BCUT2D eigenvalue weighted by Crippen LogP contribution is 2.18. The maximum Gasteiger partial charge on any atom is 0.174 e. The number of aliphatic hydroxyl groups excluding tert-OH is 4. The second-order valence-electron chi connectivity index (χ2n) is 2.92. The Morgan fingerprint density at radius 3 is 2.31 bits per heavy atom. The van der Waals surface area contributed by atoms with Crippen LogP contribution in [0, 0.1) is 0 Å². The maximum atomic E-state index is 9.37. The van der Waals surface area contributed by atoms with E-state index in [9.17, 15) is 15.3 Å².